The topological polar surface area (TPSA) is 149 Å². The molecule has 2 aromatic rings. The van der Waals surface area contributed by atoms with Crippen LogP contribution in [-0.2, 0) is 0 Å². The van der Waals surface area contributed by atoms with Crippen LogP contribution in [0.4, 0.5) is 0 Å². The van der Waals surface area contributed by atoms with Crippen LogP contribution in [0.5, 0.6) is 0 Å². The minimum absolute atomic E-state index is 0. The van der Waals surface area contributed by atoms with E-state index in [1.54, 1.807) is 0 Å². The van der Waals surface area contributed by atoms with Crippen LogP contribution in [0.25, 0.3) is 0 Å². The predicted molar refractivity (Wildman–Crippen MR) is 87.5 cm³/mol. The monoisotopic (exact) mass is 348 g/mol. The fraction of sp³-hybridized carbons (Fsp3) is 0.0588. The lowest BCUT2D eigenvalue weighted by molar-refractivity contribution is 0.0676. The zero-order valence-electron chi connectivity index (χ0n) is 12.0. The van der Waals surface area contributed by atoms with E-state index in [4.69, 9.17) is 20.4 Å². The van der Waals surface area contributed by atoms with Gasteiger partial charge in [-0.05, 0) is 36.4 Å². The molecule has 0 saturated heterocycles. The van der Waals surface area contributed by atoms with Crippen molar-refractivity contribution in [2.45, 2.75) is 7.43 Å². The van der Waals surface area contributed by atoms with Gasteiger partial charge in [0.15, 0.2) is 0 Å². The van der Waals surface area contributed by atoms with Crippen LogP contribution in [0.1, 0.15) is 48.9 Å². The van der Waals surface area contributed by atoms with Crippen LogP contribution in [0.2, 0.25) is 0 Å². The Morgan fingerprint density at radius 1 is 0.520 bits per heavy atom. The second-order valence-electron chi connectivity index (χ2n) is 4.38. The van der Waals surface area contributed by atoms with Gasteiger partial charge in [0.2, 0.25) is 0 Å². The molecule has 0 aliphatic rings. The van der Waals surface area contributed by atoms with Crippen molar-refractivity contribution in [3.8, 4) is 0 Å². The summed E-state index contributed by atoms with van der Waals surface area (Å²) in [4.78, 5) is 41.5. The molecule has 0 amide bonds. The van der Waals surface area contributed by atoms with E-state index in [2.05, 4.69) is 0 Å². The van der Waals surface area contributed by atoms with Crippen molar-refractivity contribution < 1.29 is 39.6 Å². The summed E-state index contributed by atoms with van der Waals surface area (Å²) in [6.45, 7) is 0. The average molecular weight is 348 g/mol. The third-order valence-electron chi connectivity index (χ3n) is 2.71. The summed E-state index contributed by atoms with van der Waals surface area (Å²) in [5, 5.41) is 34.0. The first-order valence-electron chi connectivity index (χ1n) is 6.35. The molecule has 0 saturated carbocycles. The first-order chi connectivity index (χ1) is 11.2. The summed E-state index contributed by atoms with van der Waals surface area (Å²) in [6.07, 6.45) is 0. The van der Waals surface area contributed by atoms with E-state index in [0.717, 1.165) is 12.1 Å². The summed E-state index contributed by atoms with van der Waals surface area (Å²) >= 11 is 0. The molecule has 0 aliphatic heterocycles. The molecular formula is C17H16O8. The molecule has 2 rings (SSSR count). The van der Waals surface area contributed by atoms with Crippen LogP contribution in [0.3, 0.4) is 0 Å². The van der Waals surface area contributed by atoms with Gasteiger partial charge in [-0.25, -0.2) is 19.2 Å². The van der Waals surface area contributed by atoms with Crippen LogP contribution < -0.4 is 0 Å². The lowest BCUT2D eigenvalue weighted by Crippen LogP contribution is -2.01. The Hall–Kier alpha value is -3.68. The normalized spacial score (nSPS) is 8.96. The summed E-state index contributed by atoms with van der Waals surface area (Å²) in [5.41, 5.74) is -0.0744. The highest BCUT2D eigenvalue weighted by molar-refractivity contribution is 5.94. The van der Waals surface area contributed by atoms with E-state index < -0.39 is 23.9 Å². The Morgan fingerprint density at radius 3 is 0.880 bits per heavy atom. The fourth-order valence-corrected chi connectivity index (χ4v) is 1.57. The molecule has 0 aliphatic carbocycles. The van der Waals surface area contributed by atoms with Gasteiger partial charge in [-0.15, -0.1) is 0 Å². The summed E-state index contributed by atoms with van der Waals surface area (Å²) in [5.74, 6) is -4.51. The Bertz CT molecular complexity index is 669. The Balaban J connectivity index is 0.000000443. The lowest BCUT2D eigenvalue weighted by atomic mass is 10.1. The van der Waals surface area contributed by atoms with Gasteiger partial charge in [0, 0.05) is 0 Å². The first-order valence-corrected chi connectivity index (χ1v) is 6.35. The maximum absolute atomic E-state index is 10.4. The van der Waals surface area contributed by atoms with Crippen LogP contribution in [-0.4, -0.2) is 44.3 Å². The highest BCUT2D eigenvalue weighted by atomic mass is 16.4. The zero-order chi connectivity index (χ0) is 18.3. The van der Waals surface area contributed by atoms with E-state index in [0.29, 0.717) is 0 Å². The molecule has 0 heterocycles. The maximum Gasteiger partial charge on any atom is 0.335 e. The first kappa shape index (κ1) is 21.3. The van der Waals surface area contributed by atoms with Crippen molar-refractivity contribution >= 4 is 23.9 Å². The van der Waals surface area contributed by atoms with Gasteiger partial charge in [0.25, 0.3) is 0 Å². The zero-order valence-corrected chi connectivity index (χ0v) is 12.0. The molecule has 8 heteroatoms. The van der Waals surface area contributed by atoms with Gasteiger partial charge in [-0.1, -0.05) is 19.6 Å². The maximum atomic E-state index is 10.4. The van der Waals surface area contributed by atoms with Crippen molar-refractivity contribution in [3.63, 3.8) is 0 Å². The van der Waals surface area contributed by atoms with Crippen LogP contribution in [0.15, 0.2) is 48.5 Å². The second-order valence-corrected chi connectivity index (χ2v) is 4.38. The molecule has 0 radical (unpaired) electrons. The SMILES string of the molecule is C.O=C(O)c1cccc(C(=O)O)c1.O=C(O)c1cccc(C(=O)O)c1. The lowest BCUT2D eigenvalue weighted by Gasteiger charge is -1.95. The van der Waals surface area contributed by atoms with Gasteiger partial charge in [0.05, 0.1) is 22.3 Å². The van der Waals surface area contributed by atoms with Gasteiger partial charge < -0.3 is 20.4 Å². The quantitative estimate of drug-likeness (QED) is 0.659. The number of hydrogen-bond donors (Lipinski definition) is 4. The third kappa shape index (κ3) is 6.53. The molecule has 132 valence electrons. The second kappa shape index (κ2) is 9.46. The molecule has 2 aromatic carbocycles. The summed E-state index contributed by atoms with van der Waals surface area (Å²) < 4.78 is 0. The number of rotatable bonds is 4. The number of carbonyl (C=O) groups is 4. The molecule has 0 fully saturated rings. The van der Waals surface area contributed by atoms with Crippen molar-refractivity contribution in [1.29, 1.82) is 0 Å². The minimum Gasteiger partial charge on any atom is -0.478 e. The van der Waals surface area contributed by atoms with Gasteiger partial charge in [-0.3, -0.25) is 0 Å². The molecule has 0 bridgehead atoms. The van der Waals surface area contributed by atoms with Crippen LogP contribution >= 0.6 is 0 Å². The highest BCUT2D eigenvalue weighted by Crippen LogP contribution is 2.05. The predicted octanol–water partition coefficient (Wildman–Crippen LogP) is 2.80. The Morgan fingerprint density at radius 2 is 0.720 bits per heavy atom. The van der Waals surface area contributed by atoms with E-state index >= 15 is 0 Å². The number of aromatic carboxylic acids is 4. The Kier molecular flexibility index (Phi) is 8.06. The van der Waals surface area contributed by atoms with E-state index in [1.807, 2.05) is 0 Å². The Labute approximate surface area is 142 Å². The summed E-state index contributed by atoms with van der Waals surface area (Å²) in [7, 11) is 0. The van der Waals surface area contributed by atoms with E-state index in [1.165, 1.54) is 36.4 Å². The fourth-order valence-electron chi connectivity index (χ4n) is 1.57. The molecule has 0 atom stereocenters. The van der Waals surface area contributed by atoms with E-state index in [-0.39, 0.29) is 29.7 Å². The minimum atomic E-state index is -1.13. The average Bonchev–Trinajstić information content (AvgIpc) is 2.55. The van der Waals surface area contributed by atoms with Crippen molar-refractivity contribution in [1.82, 2.24) is 0 Å². The van der Waals surface area contributed by atoms with Crippen molar-refractivity contribution in [2.75, 3.05) is 0 Å². The molecule has 0 unspecified atom stereocenters. The van der Waals surface area contributed by atoms with Crippen LogP contribution in [0, 0.1) is 0 Å². The van der Waals surface area contributed by atoms with E-state index in [9.17, 15) is 19.2 Å². The standard InChI is InChI=1S/2C8H6O4.CH4/c2*9-7(10)5-2-1-3-6(4-5)8(11)12;/h2*1-4H,(H,9,10)(H,11,12);1H4. The smallest absolute Gasteiger partial charge is 0.335 e. The number of hydrogen-bond acceptors (Lipinski definition) is 4. The van der Waals surface area contributed by atoms with Crippen molar-refractivity contribution in [2.24, 2.45) is 0 Å². The van der Waals surface area contributed by atoms with Gasteiger partial charge in [0.1, 0.15) is 0 Å². The third-order valence-corrected chi connectivity index (χ3v) is 2.71. The van der Waals surface area contributed by atoms with Gasteiger partial charge >= 0.3 is 23.9 Å². The summed E-state index contributed by atoms with van der Waals surface area (Å²) in [6, 6.07) is 10.4. The molecule has 8 nitrogen and oxygen atoms in total. The molecular weight excluding hydrogens is 332 g/mol. The molecule has 4 N–H and O–H groups in total. The molecule has 25 heavy (non-hydrogen) atoms. The van der Waals surface area contributed by atoms with Gasteiger partial charge in [-0.2, -0.15) is 0 Å². The molecule has 0 aromatic heterocycles. The number of benzene rings is 2. The number of carboxylic acid groups (broad SMARTS) is 4. The van der Waals surface area contributed by atoms with Crippen molar-refractivity contribution in [3.05, 3.63) is 70.8 Å². The molecule has 0 spiro atoms. The number of carboxylic acids is 4. The largest absolute Gasteiger partial charge is 0.478 e. The highest BCUT2D eigenvalue weighted by Gasteiger charge is 2.07.